The van der Waals surface area contributed by atoms with E-state index in [1.807, 2.05) is 0 Å². The second-order valence-corrected chi connectivity index (χ2v) is 20.4. The zero-order chi connectivity index (χ0) is 43.2. The highest BCUT2D eigenvalue weighted by Crippen LogP contribution is 2.19. The molecule has 1 nitrogen and oxygen atoms in total. The van der Waals surface area contributed by atoms with Crippen LogP contribution in [0.25, 0.3) is 0 Å². The van der Waals surface area contributed by atoms with Crippen molar-refractivity contribution in [2.24, 2.45) is 0 Å². The number of Topliss-reactive ketones (excluding diaryl/α,β-unsaturated/α-hetero) is 1. The van der Waals surface area contributed by atoms with Crippen LogP contribution in [0.3, 0.4) is 0 Å². The van der Waals surface area contributed by atoms with Crippen molar-refractivity contribution in [1.29, 1.82) is 0 Å². The summed E-state index contributed by atoms with van der Waals surface area (Å²) in [7, 11) is 0. The van der Waals surface area contributed by atoms with Gasteiger partial charge < -0.3 is 0 Å². The fourth-order valence-electron chi connectivity index (χ4n) is 9.75. The van der Waals surface area contributed by atoms with Crippen molar-refractivity contribution in [3.63, 3.8) is 0 Å². The molecule has 0 fully saturated rings. The van der Waals surface area contributed by atoms with Crippen LogP contribution in [0.5, 0.6) is 0 Å². The molecular weight excluding hydrogens is 725 g/mol. The number of ketones is 1. The Morgan fingerprint density at radius 1 is 0.167 bits per heavy atom. The smallest absolute Gasteiger partial charge is 0.132 e. The number of unbranched alkanes of at least 4 members (excludes halogenated alkanes) is 52. The molecule has 0 rings (SSSR count). The van der Waals surface area contributed by atoms with E-state index in [4.69, 9.17) is 0 Å². The summed E-state index contributed by atoms with van der Waals surface area (Å²) in [5.74, 6) is 0.536. The van der Waals surface area contributed by atoms with Crippen LogP contribution in [0.4, 0.5) is 0 Å². The molecule has 0 aromatic carbocycles. The van der Waals surface area contributed by atoms with Crippen LogP contribution in [-0.2, 0) is 4.79 Å². The van der Waals surface area contributed by atoms with Crippen molar-refractivity contribution >= 4 is 5.78 Å². The van der Waals surface area contributed by atoms with Gasteiger partial charge in [-0.1, -0.05) is 348 Å². The average molecular weight is 844 g/mol. The van der Waals surface area contributed by atoms with E-state index < -0.39 is 0 Å². The first-order valence-electron chi connectivity index (χ1n) is 29.3. The van der Waals surface area contributed by atoms with Crippen molar-refractivity contribution in [2.75, 3.05) is 0 Å². The molecule has 0 aromatic heterocycles. The second kappa shape index (κ2) is 56.7. The molecule has 0 aliphatic heterocycles. The van der Waals surface area contributed by atoms with Crippen molar-refractivity contribution < 1.29 is 4.79 Å². The van der Waals surface area contributed by atoms with Gasteiger partial charge in [-0.25, -0.2) is 0 Å². The molecule has 0 aliphatic rings. The Morgan fingerprint density at radius 3 is 0.383 bits per heavy atom. The fourth-order valence-corrected chi connectivity index (χ4v) is 9.75. The van der Waals surface area contributed by atoms with Crippen LogP contribution in [0.1, 0.15) is 373 Å². The maximum absolute atomic E-state index is 12.3. The highest BCUT2D eigenvalue weighted by atomic mass is 16.1. The SMILES string of the molecule is CCCCCCCCCCCCCCCCCCCCCCCCCCCCCCC(=O)CCCCCCCCCCCCCCCCCCCCCCCCCCCC. The van der Waals surface area contributed by atoms with E-state index in [2.05, 4.69) is 13.8 Å². The molecule has 0 bridgehead atoms. The molecule has 0 aromatic rings. The maximum atomic E-state index is 12.3. The minimum Gasteiger partial charge on any atom is -0.300 e. The quantitative estimate of drug-likeness (QED) is 0.0558. The summed E-state index contributed by atoms with van der Waals surface area (Å²) < 4.78 is 0. The molecule has 360 valence electrons. The van der Waals surface area contributed by atoms with E-state index in [0.29, 0.717) is 5.78 Å². The normalized spacial score (nSPS) is 11.6. The zero-order valence-corrected chi connectivity index (χ0v) is 42.5. The lowest BCUT2D eigenvalue weighted by Gasteiger charge is -2.05. The van der Waals surface area contributed by atoms with Crippen LogP contribution in [-0.4, -0.2) is 5.78 Å². The summed E-state index contributed by atoms with van der Waals surface area (Å²) in [5, 5.41) is 0. The summed E-state index contributed by atoms with van der Waals surface area (Å²) in [6.07, 6.45) is 79.2. The highest BCUT2D eigenvalue weighted by Gasteiger charge is 2.03. The van der Waals surface area contributed by atoms with E-state index >= 15 is 0 Å². The van der Waals surface area contributed by atoms with Crippen LogP contribution in [0.15, 0.2) is 0 Å². The molecular formula is C59H118O. The molecule has 0 saturated carbocycles. The Labute approximate surface area is 382 Å². The zero-order valence-electron chi connectivity index (χ0n) is 42.5. The molecule has 0 radical (unpaired) electrons. The Hall–Kier alpha value is -0.330. The Morgan fingerprint density at radius 2 is 0.267 bits per heavy atom. The summed E-state index contributed by atoms with van der Waals surface area (Å²) in [6.45, 7) is 4.62. The van der Waals surface area contributed by atoms with E-state index in [9.17, 15) is 4.79 Å². The van der Waals surface area contributed by atoms with Gasteiger partial charge in [0.1, 0.15) is 5.78 Å². The van der Waals surface area contributed by atoms with Gasteiger partial charge in [-0.3, -0.25) is 4.79 Å². The molecule has 60 heavy (non-hydrogen) atoms. The van der Waals surface area contributed by atoms with Crippen molar-refractivity contribution in [2.45, 2.75) is 373 Å². The van der Waals surface area contributed by atoms with Gasteiger partial charge in [0.2, 0.25) is 0 Å². The van der Waals surface area contributed by atoms with Crippen molar-refractivity contribution in [1.82, 2.24) is 0 Å². The molecule has 0 atom stereocenters. The first-order chi connectivity index (χ1) is 29.8. The van der Waals surface area contributed by atoms with Gasteiger partial charge in [0, 0.05) is 12.8 Å². The predicted octanol–water partition coefficient (Wildman–Crippen LogP) is 22.4. The number of hydrogen-bond donors (Lipinski definition) is 0. The van der Waals surface area contributed by atoms with E-state index in [1.165, 1.54) is 334 Å². The van der Waals surface area contributed by atoms with Gasteiger partial charge in [-0.05, 0) is 12.8 Å². The van der Waals surface area contributed by atoms with Crippen LogP contribution < -0.4 is 0 Å². The minimum absolute atomic E-state index is 0.536. The largest absolute Gasteiger partial charge is 0.300 e. The van der Waals surface area contributed by atoms with Crippen molar-refractivity contribution in [3.8, 4) is 0 Å². The fraction of sp³-hybridized carbons (Fsp3) is 0.983. The number of hydrogen-bond acceptors (Lipinski definition) is 1. The summed E-state index contributed by atoms with van der Waals surface area (Å²) >= 11 is 0. The second-order valence-electron chi connectivity index (χ2n) is 20.4. The minimum atomic E-state index is 0.536. The molecule has 1 heteroatoms. The van der Waals surface area contributed by atoms with E-state index in [0.717, 1.165) is 25.7 Å². The Bertz CT molecular complexity index is 742. The van der Waals surface area contributed by atoms with Gasteiger partial charge in [-0.15, -0.1) is 0 Å². The van der Waals surface area contributed by atoms with Crippen LogP contribution >= 0.6 is 0 Å². The van der Waals surface area contributed by atoms with Gasteiger partial charge in [-0.2, -0.15) is 0 Å². The lowest BCUT2D eigenvalue weighted by atomic mass is 10.0. The standard InChI is InChI=1S/C59H118O/c1-3-5-7-9-11-13-15-17-19-21-23-25-27-29-31-32-34-36-38-40-42-44-46-48-50-52-54-56-58-59(60)57-55-53-51-49-47-45-43-41-39-37-35-33-30-28-26-24-22-20-18-16-14-12-10-8-6-4-2/h3-58H2,1-2H3. The Balaban J connectivity index is 3.14. The summed E-state index contributed by atoms with van der Waals surface area (Å²) in [4.78, 5) is 12.3. The van der Waals surface area contributed by atoms with Crippen molar-refractivity contribution in [3.05, 3.63) is 0 Å². The molecule has 0 aliphatic carbocycles. The van der Waals surface area contributed by atoms with Gasteiger partial charge in [0.15, 0.2) is 0 Å². The van der Waals surface area contributed by atoms with Crippen LogP contribution in [0.2, 0.25) is 0 Å². The van der Waals surface area contributed by atoms with Gasteiger partial charge in [0.25, 0.3) is 0 Å². The molecule has 0 amide bonds. The first-order valence-corrected chi connectivity index (χ1v) is 29.3. The lowest BCUT2D eigenvalue weighted by Crippen LogP contribution is -1.97. The third-order valence-corrected chi connectivity index (χ3v) is 14.1. The third-order valence-electron chi connectivity index (χ3n) is 14.1. The predicted molar refractivity (Wildman–Crippen MR) is 275 cm³/mol. The first kappa shape index (κ1) is 59.7. The third kappa shape index (κ3) is 55.7. The molecule has 0 unspecified atom stereocenters. The summed E-state index contributed by atoms with van der Waals surface area (Å²) in [5.41, 5.74) is 0. The molecule has 0 saturated heterocycles. The van der Waals surface area contributed by atoms with Gasteiger partial charge >= 0.3 is 0 Å². The number of rotatable bonds is 56. The number of carbonyl (C=O) groups excluding carboxylic acids is 1. The molecule has 0 spiro atoms. The molecule has 0 N–H and O–H groups in total. The van der Waals surface area contributed by atoms with E-state index in [1.54, 1.807) is 0 Å². The van der Waals surface area contributed by atoms with Crippen LogP contribution in [0, 0.1) is 0 Å². The topological polar surface area (TPSA) is 17.1 Å². The Kier molecular flexibility index (Phi) is 56.4. The average Bonchev–Trinajstić information content (AvgIpc) is 3.25. The lowest BCUT2D eigenvalue weighted by molar-refractivity contribution is -0.119. The summed E-state index contributed by atoms with van der Waals surface area (Å²) in [6, 6.07) is 0. The monoisotopic (exact) mass is 843 g/mol. The van der Waals surface area contributed by atoms with Gasteiger partial charge in [0.05, 0.1) is 0 Å². The maximum Gasteiger partial charge on any atom is 0.132 e. The van der Waals surface area contributed by atoms with E-state index in [-0.39, 0.29) is 0 Å². The number of carbonyl (C=O) groups is 1. The molecule has 0 heterocycles. The highest BCUT2D eigenvalue weighted by molar-refractivity contribution is 5.78.